The van der Waals surface area contributed by atoms with E-state index in [1.807, 2.05) is 6.92 Å². The van der Waals surface area contributed by atoms with Gasteiger partial charge in [0, 0.05) is 18.5 Å². The molecule has 1 rings (SSSR count). The van der Waals surface area contributed by atoms with Gasteiger partial charge in [0.15, 0.2) is 0 Å². The van der Waals surface area contributed by atoms with E-state index in [0.29, 0.717) is 5.82 Å². The summed E-state index contributed by atoms with van der Waals surface area (Å²) in [6, 6.07) is 4.17. The lowest BCUT2D eigenvalue weighted by Crippen LogP contribution is -2.27. The largest absolute Gasteiger partial charge is 0.370 e. The highest BCUT2D eigenvalue weighted by Gasteiger charge is 2.16. The highest BCUT2D eigenvalue weighted by atomic mass is 15.2. The first kappa shape index (κ1) is 16.7. The number of hydrogen-bond donors (Lipinski definition) is 1. The summed E-state index contributed by atoms with van der Waals surface area (Å²) in [6.45, 7) is 7.21. The molecule has 21 heavy (non-hydrogen) atoms. The minimum absolute atomic E-state index is 0.143. The van der Waals surface area contributed by atoms with E-state index in [4.69, 9.17) is 10.5 Å². The van der Waals surface area contributed by atoms with Gasteiger partial charge in [0.1, 0.15) is 30.5 Å². The summed E-state index contributed by atoms with van der Waals surface area (Å²) >= 11 is 0. The predicted octanol–water partition coefficient (Wildman–Crippen LogP) is 2.41. The zero-order chi connectivity index (χ0) is 15.7. The molecule has 6 nitrogen and oxygen atoms in total. The second-order valence-corrected chi connectivity index (χ2v) is 4.79. The van der Waals surface area contributed by atoms with Crippen LogP contribution in [0.4, 0.5) is 11.6 Å². The number of nitriles is 2. The van der Waals surface area contributed by atoms with Gasteiger partial charge in [-0.15, -0.1) is 0 Å². The maximum atomic E-state index is 8.94. The Balaban J connectivity index is 3.23. The van der Waals surface area contributed by atoms with Crippen LogP contribution in [0.3, 0.4) is 0 Å². The average Bonchev–Trinajstić information content (AvgIpc) is 2.47. The number of nitrogens with one attached hydrogen (secondary N) is 1. The predicted molar refractivity (Wildman–Crippen MR) is 83.0 cm³/mol. The average molecular weight is 286 g/mol. The van der Waals surface area contributed by atoms with Gasteiger partial charge in [-0.05, 0) is 19.8 Å². The minimum atomic E-state index is 0.143. The molecule has 0 fully saturated rings. The summed E-state index contributed by atoms with van der Waals surface area (Å²) in [5, 5.41) is 21.2. The minimum Gasteiger partial charge on any atom is -0.370 e. The van der Waals surface area contributed by atoms with Crippen molar-refractivity contribution >= 4 is 11.6 Å². The van der Waals surface area contributed by atoms with Crippen molar-refractivity contribution < 1.29 is 0 Å². The SMILES string of the molecule is CCCNc1nc(CCC)nc(N(CC#N)CC#N)c1C. The van der Waals surface area contributed by atoms with E-state index in [9.17, 15) is 0 Å². The molecule has 112 valence electrons. The summed E-state index contributed by atoms with van der Waals surface area (Å²) in [7, 11) is 0. The molecule has 0 saturated heterocycles. The molecule has 6 heteroatoms. The van der Waals surface area contributed by atoms with Gasteiger partial charge >= 0.3 is 0 Å². The molecular weight excluding hydrogens is 264 g/mol. The Morgan fingerprint density at radius 3 is 2.29 bits per heavy atom. The molecule has 0 unspecified atom stereocenters. The van der Waals surface area contributed by atoms with Gasteiger partial charge in [-0.1, -0.05) is 13.8 Å². The second-order valence-electron chi connectivity index (χ2n) is 4.79. The third kappa shape index (κ3) is 4.61. The van der Waals surface area contributed by atoms with Crippen LogP contribution in [0.5, 0.6) is 0 Å². The van der Waals surface area contributed by atoms with E-state index in [1.54, 1.807) is 4.90 Å². The molecule has 0 spiro atoms. The molecule has 0 atom stereocenters. The van der Waals surface area contributed by atoms with Crippen LogP contribution in [0.1, 0.15) is 38.1 Å². The van der Waals surface area contributed by atoms with Gasteiger partial charge in [0.25, 0.3) is 0 Å². The van der Waals surface area contributed by atoms with Crippen molar-refractivity contribution in [1.29, 1.82) is 10.5 Å². The molecule has 1 aromatic rings. The van der Waals surface area contributed by atoms with Gasteiger partial charge in [-0.25, -0.2) is 9.97 Å². The maximum absolute atomic E-state index is 8.94. The van der Waals surface area contributed by atoms with Crippen molar-refractivity contribution in [1.82, 2.24) is 9.97 Å². The Kier molecular flexibility index (Phi) is 6.97. The molecule has 0 radical (unpaired) electrons. The second kappa shape index (κ2) is 8.76. The highest BCUT2D eigenvalue weighted by molar-refractivity contribution is 5.59. The molecule has 1 aromatic heterocycles. The third-order valence-corrected chi connectivity index (χ3v) is 3.01. The van der Waals surface area contributed by atoms with E-state index in [0.717, 1.165) is 43.0 Å². The molecular formula is C15H22N6. The molecule has 1 N–H and O–H groups in total. The summed E-state index contributed by atoms with van der Waals surface area (Å²) in [4.78, 5) is 10.8. The number of nitrogens with zero attached hydrogens (tertiary/aromatic N) is 5. The number of anilines is 2. The lowest BCUT2D eigenvalue weighted by molar-refractivity contribution is 0.810. The first-order valence-corrected chi connectivity index (χ1v) is 7.28. The molecule has 0 aliphatic rings. The number of aromatic nitrogens is 2. The van der Waals surface area contributed by atoms with Crippen molar-refractivity contribution in [3.8, 4) is 12.1 Å². The van der Waals surface area contributed by atoms with Gasteiger partial charge in [-0.2, -0.15) is 10.5 Å². The molecule has 0 amide bonds. The smallest absolute Gasteiger partial charge is 0.139 e. The van der Waals surface area contributed by atoms with Crippen LogP contribution in [0.25, 0.3) is 0 Å². The lowest BCUT2D eigenvalue weighted by Gasteiger charge is -2.21. The fourth-order valence-corrected chi connectivity index (χ4v) is 1.99. The van der Waals surface area contributed by atoms with Gasteiger partial charge in [-0.3, -0.25) is 0 Å². The molecule has 0 aliphatic carbocycles. The van der Waals surface area contributed by atoms with Crippen LogP contribution < -0.4 is 10.2 Å². The van der Waals surface area contributed by atoms with E-state index in [-0.39, 0.29) is 13.1 Å². The van der Waals surface area contributed by atoms with E-state index < -0.39 is 0 Å². The summed E-state index contributed by atoms with van der Waals surface area (Å²) in [5.74, 6) is 2.22. The summed E-state index contributed by atoms with van der Waals surface area (Å²) in [6.07, 6.45) is 2.73. The Morgan fingerprint density at radius 2 is 1.76 bits per heavy atom. The molecule has 0 saturated carbocycles. The fraction of sp³-hybridized carbons (Fsp3) is 0.600. The summed E-state index contributed by atoms with van der Waals surface area (Å²) < 4.78 is 0. The maximum Gasteiger partial charge on any atom is 0.139 e. The van der Waals surface area contributed by atoms with Gasteiger partial charge in [0.2, 0.25) is 0 Å². The van der Waals surface area contributed by atoms with E-state index in [1.165, 1.54) is 0 Å². The van der Waals surface area contributed by atoms with Crippen molar-refractivity contribution in [2.45, 2.75) is 40.0 Å². The first-order valence-electron chi connectivity index (χ1n) is 7.28. The Labute approximate surface area is 126 Å². The summed E-state index contributed by atoms with van der Waals surface area (Å²) in [5.41, 5.74) is 0.883. The molecule has 0 bridgehead atoms. The van der Waals surface area contributed by atoms with Crippen LogP contribution in [0.2, 0.25) is 0 Å². The van der Waals surface area contributed by atoms with E-state index >= 15 is 0 Å². The normalized spacial score (nSPS) is 9.76. The topological polar surface area (TPSA) is 88.6 Å². The van der Waals surface area contributed by atoms with Gasteiger partial charge in [0.05, 0.1) is 12.1 Å². The van der Waals surface area contributed by atoms with Gasteiger partial charge < -0.3 is 10.2 Å². The van der Waals surface area contributed by atoms with Crippen molar-refractivity contribution in [2.75, 3.05) is 29.9 Å². The Hall–Kier alpha value is -2.34. The molecule has 1 heterocycles. The van der Waals surface area contributed by atoms with Crippen molar-refractivity contribution in [2.24, 2.45) is 0 Å². The monoisotopic (exact) mass is 286 g/mol. The van der Waals surface area contributed by atoms with Crippen LogP contribution in [-0.2, 0) is 6.42 Å². The zero-order valence-electron chi connectivity index (χ0n) is 13.0. The van der Waals surface area contributed by atoms with Crippen LogP contribution in [-0.4, -0.2) is 29.6 Å². The standard InChI is InChI=1S/C15H22N6/c1-4-6-13-19-14(18-9-5-2)12(3)15(20-13)21(10-7-16)11-8-17/h4-6,9-11H2,1-3H3,(H,18,19,20). The first-order chi connectivity index (χ1) is 10.2. The quantitative estimate of drug-likeness (QED) is 0.738. The van der Waals surface area contributed by atoms with Crippen LogP contribution >= 0.6 is 0 Å². The number of aryl methyl sites for hydroxylation is 1. The zero-order valence-corrected chi connectivity index (χ0v) is 13.0. The van der Waals surface area contributed by atoms with E-state index in [2.05, 4.69) is 41.3 Å². The van der Waals surface area contributed by atoms with Crippen molar-refractivity contribution in [3.05, 3.63) is 11.4 Å². The fourth-order valence-electron chi connectivity index (χ4n) is 1.99. The van der Waals surface area contributed by atoms with Crippen LogP contribution in [0.15, 0.2) is 0 Å². The molecule has 0 aliphatic heterocycles. The Bertz CT molecular complexity index is 524. The third-order valence-electron chi connectivity index (χ3n) is 3.01. The lowest BCUT2D eigenvalue weighted by atomic mass is 10.2. The van der Waals surface area contributed by atoms with Crippen LogP contribution in [0, 0.1) is 29.6 Å². The molecule has 0 aromatic carbocycles. The highest BCUT2D eigenvalue weighted by Crippen LogP contribution is 2.24. The number of hydrogen-bond acceptors (Lipinski definition) is 6. The number of rotatable bonds is 8. The van der Waals surface area contributed by atoms with Crippen molar-refractivity contribution in [3.63, 3.8) is 0 Å². The Morgan fingerprint density at radius 1 is 1.10 bits per heavy atom.